The smallest absolute Gasteiger partial charge is 0.335 e. The lowest BCUT2D eigenvalue weighted by atomic mass is 10.0. The van der Waals surface area contributed by atoms with Crippen LogP contribution in [0.1, 0.15) is 16.1 Å². The van der Waals surface area contributed by atoms with Gasteiger partial charge in [-0.1, -0.05) is 12.1 Å². The molecule has 0 bridgehead atoms. The van der Waals surface area contributed by atoms with Gasteiger partial charge in [-0.15, -0.1) is 0 Å². The van der Waals surface area contributed by atoms with Crippen LogP contribution in [0.25, 0.3) is 22.0 Å². The molecule has 21 heavy (non-hydrogen) atoms. The molecule has 0 aliphatic carbocycles. The van der Waals surface area contributed by atoms with E-state index >= 15 is 0 Å². The van der Waals surface area contributed by atoms with E-state index in [1.165, 1.54) is 18.2 Å². The van der Waals surface area contributed by atoms with E-state index in [0.717, 1.165) is 16.6 Å². The highest BCUT2D eigenvalue weighted by Gasteiger charge is 2.11. The molecule has 0 radical (unpaired) electrons. The number of nitrogens with zero attached hydrogens (tertiary/aromatic N) is 1. The zero-order valence-corrected chi connectivity index (χ0v) is 11.3. The number of aromatic carboxylic acids is 1. The Kier molecular flexibility index (Phi) is 3.14. The quantitative estimate of drug-likeness (QED) is 0.771. The van der Waals surface area contributed by atoms with E-state index in [-0.39, 0.29) is 11.1 Å². The predicted octanol–water partition coefficient (Wildman–Crippen LogP) is 4.05. The lowest BCUT2D eigenvalue weighted by Gasteiger charge is -2.07. The molecule has 3 rings (SSSR count). The number of aromatic nitrogens is 1. The van der Waals surface area contributed by atoms with Crippen LogP contribution in [0.3, 0.4) is 0 Å². The van der Waals surface area contributed by atoms with Gasteiger partial charge in [0.25, 0.3) is 0 Å². The van der Waals surface area contributed by atoms with E-state index in [1.807, 2.05) is 31.2 Å². The summed E-state index contributed by atoms with van der Waals surface area (Å²) in [6.07, 6.45) is 0. The number of carboxylic acids is 1. The predicted molar refractivity (Wildman–Crippen MR) is 78.8 cm³/mol. The van der Waals surface area contributed by atoms with Crippen molar-refractivity contribution in [2.24, 2.45) is 0 Å². The van der Waals surface area contributed by atoms with Crippen molar-refractivity contribution in [2.75, 3.05) is 0 Å². The minimum atomic E-state index is -1.07. The normalized spacial score (nSPS) is 10.8. The highest BCUT2D eigenvalue weighted by Crippen LogP contribution is 2.27. The van der Waals surface area contributed by atoms with Crippen molar-refractivity contribution in [2.45, 2.75) is 6.92 Å². The molecule has 0 fully saturated rings. The number of rotatable bonds is 2. The number of carbonyl (C=O) groups is 1. The lowest BCUT2D eigenvalue weighted by Crippen LogP contribution is -1.97. The van der Waals surface area contributed by atoms with Crippen LogP contribution >= 0.6 is 0 Å². The molecular formula is C17H12FNO2. The summed E-state index contributed by atoms with van der Waals surface area (Å²) in [7, 11) is 0. The molecule has 3 nitrogen and oxygen atoms in total. The monoisotopic (exact) mass is 281 g/mol. The van der Waals surface area contributed by atoms with Crippen LogP contribution in [-0.4, -0.2) is 16.1 Å². The first-order valence-electron chi connectivity index (χ1n) is 6.45. The van der Waals surface area contributed by atoms with Crippen molar-refractivity contribution in [3.63, 3.8) is 0 Å². The molecule has 1 heterocycles. The minimum Gasteiger partial charge on any atom is -0.478 e. The summed E-state index contributed by atoms with van der Waals surface area (Å²) in [4.78, 5) is 15.4. The first-order valence-corrected chi connectivity index (χ1v) is 6.45. The van der Waals surface area contributed by atoms with Crippen molar-refractivity contribution in [1.82, 2.24) is 4.98 Å². The van der Waals surface area contributed by atoms with Crippen LogP contribution in [0.5, 0.6) is 0 Å². The van der Waals surface area contributed by atoms with Gasteiger partial charge < -0.3 is 5.11 Å². The number of pyridine rings is 1. The molecule has 1 aromatic heterocycles. The van der Waals surface area contributed by atoms with Gasteiger partial charge in [-0.2, -0.15) is 0 Å². The van der Waals surface area contributed by atoms with Gasteiger partial charge in [-0.25, -0.2) is 9.18 Å². The number of aryl methyl sites for hydroxylation is 1. The first-order chi connectivity index (χ1) is 10.0. The molecule has 2 aromatic carbocycles. The maximum absolute atomic E-state index is 14.0. The third kappa shape index (κ3) is 2.48. The summed E-state index contributed by atoms with van der Waals surface area (Å²) < 4.78 is 14.0. The SMILES string of the molecule is Cc1ccc2cc(-c3cc(C(=O)O)ccc3F)ccc2n1. The van der Waals surface area contributed by atoms with Gasteiger partial charge in [0, 0.05) is 16.6 Å². The van der Waals surface area contributed by atoms with Gasteiger partial charge in [-0.05, 0) is 48.9 Å². The molecule has 0 aliphatic heterocycles. The fourth-order valence-corrected chi connectivity index (χ4v) is 2.27. The topological polar surface area (TPSA) is 50.2 Å². The Balaban J connectivity index is 2.18. The number of hydrogen-bond donors (Lipinski definition) is 1. The molecule has 0 saturated heterocycles. The summed E-state index contributed by atoms with van der Waals surface area (Å²) in [5.74, 6) is -1.52. The zero-order valence-electron chi connectivity index (χ0n) is 11.3. The van der Waals surface area contributed by atoms with Crippen molar-refractivity contribution in [1.29, 1.82) is 0 Å². The van der Waals surface area contributed by atoms with E-state index in [9.17, 15) is 9.18 Å². The molecule has 0 atom stereocenters. The molecular weight excluding hydrogens is 269 g/mol. The van der Waals surface area contributed by atoms with Gasteiger partial charge >= 0.3 is 5.97 Å². The first kappa shape index (κ1) is 13.2. The standard InChI is InChI=1S/C17H12FNO2/c1-10-2-3-12-8-11(5-7-16(12)19-10)14-9-13(17(20)21)4-6-15(14)18/h2-9H,1H3,(H,20,21). The van der Waals surface area contributed by atoms with E-state index in [4.69, 9.17) is 5.11 Å². The van der Waals surface area contributed by atoms with Crippen LogP contribution in [-0.2, 0) is 0 Å². The Labute approximate surface area is 120 Å². The van der Waals surface area contributed by atoms with Crippen molar-refractivity contribution >= 4 is 16.9 Å². The summed E-state index contributed by atoms with van der Waals surface area (Å²) in [5.41, 5.74) is 2.71. The second-order valence-electron chi connectivity index (χ2n) is 4.86. The molecule has 0 saturated carbocycles. The maximum atomic E-state index is 14.0. The van der Waals surface area contributed by atoms with Crippen LogP contribution in [0.2, 0.25) is 0 Å². The number of hydrogen-bond acceptors (Lipinski definition) is 2. The average Bonchev–Trinajstić information content (AvgIpc) is 2.47. The van der Waals surface area contributed by atoms with Crippen molar-refractivity contribution in [3.05, 3.63) is 65.6 Å². The van der Waals surface area contributed by atoms with E-state index < -0.39 is 11.8 Å². The average molecular weight is 281 g/mol. The van der Waals surface area contributed by atoms with Crippen molar-refractivity contribution < 1.29 is 14.3 Å². The summed E-state index contributed by atoms with van der Waals surface area (Å²) in [5, 5.41) is 9.90. The summed E-state index contributed by atoms with van der Waals surface area (Å²) in [6, 6.07) is 13.0. The van der Waals surface area contributed by atoms with Crippen LogP contribution in [0, 0.1) is 12.7 Å². The second kappa shape index (κ2) is 4.98. The Hall–Kier alpha value is -2.75. The van der Waals surface area contributed by atoms with Gasteiger partial charge in [-0.3, -0.25) is 4.98 Å². The largest absolute Gasteiger partial charge is 0.478 e. The van der Waals surface area contributed by atoms with E-state index in [2.05, 4.69) is 4.98 Å². The van der Waals surface area contributed by atoms with Crippen LogP contribution in [0.4, 0.5) is 4.39 Å². The molecule has 0 unspecified atom stereocenters. The zero-order chi connectivity index (χ0) is 15.0. The van der Waals surface area contributed by atoms with E-state index in [0.29, 0.717) is 5.56 Å². The van der Waals surface area contributed by atoms with E-state index in [1.54, 1.807) is 6.07 Å². The van der Waals surface area contributed by atoms with Gasteiger partial charge in [0.2, 0.25) is 0 Å². The van der Waals surface area contributed by atoms with Crippen molar-refractivity contribution in [3.8, 4) is 11.1 Å². The van der Waals surface area contributed by atoms with Gasteiger partial charge in [0.15, 0.2) is 0 Å². The van der Waals surface area contributed by atoms with Crippen LogP contribution < -0.4 is 0 Å². The molecule has 0 amide bonds. The summed E-state index contributed by atoms with van der Waals surface area (Å²) >= 11 is 0. The molecule has 1 N–H and O–H groups in total. The number of halogens is 1. The Morgan fingerprint density at radius 1 is 1.10 bits per heavy atom. The molecule has 4 heteroatoms. The second-order valence-corrected chi connectivity index (χ2v) is 4.86. The van der Waals surface area contributed by atoms with Gasteiger partial charge in [0.1, 0.15) is 5.82 Å². The number of carboxylic acid groups (broad SMARTS) is 1. The third-order valence-electron chi connectivity index (χ3n) is 3.35. The Morgan fingerprint density at radius 3 is 2.67 bits per heavy atom. The third-order valence-corrected chi connectivity index (χ3v) is 3.35. The van der Waals surface area contributed by atoms with Crippen LogP contribution in [0.15, 0.2) is 48.5 Å². The maximum Gasteiger partial charge on any atom is 0.335 e. The van der Waals surface area contributed by atoms with Gasteiger partial charge in [0.05, 0.1) is 11.1 Å². The number of fused-ring (bicyclic) bond motifs is 1. The summed E-state index contributed by atoms with van der Waals surface area (Å²) in [6.45, 7) is 1.91. The highest BCUT2D eigenvalue weighted by molar-refractivity contribution is 5.90. The molecule has 0 aliphatic rings. The lowest BCUT2D eigenvalue weighted by molar-refractivity contribution is 0.0697. The minimum absolute atomic E-state index is 0.0635. The fourth-order valence-electron chi connectivity index (χ4n) is 2.27. The highest BCUT2D eigenvalue weighted by atomic mass is 19.1. The Morgan fingerprint density at radius 2 is 1.90 bits per heavy atom. The molecule has 0 spiro atoms. The fraction of sp³-hybridized carbons (Fsp3) is 0.0588. The molecule has 3 aromatic rings. The molecule has 104 valence electrons. The number of benzene rings is 2. The Bertz CT molecular complexity index is 859.